The maximum atomic E-state index is 13.0. The first-order valence-corrected chi connectivity index (χ1v) is 6.54. The van der Waals surface area contributed by atoms with E-state index in [0.29, 0.717) is 17.3 Å². The molecule has 0 aliphatic rings. The molecule has 3 aromatic rings. The molecule has 0 aliphatic heterocycles. The molecule has 111 valence electrons. The molecule has 0 saturated carbocycles. The van der Waals surface area contributed by atoms with Crippen molar-refractivity contribution in [3.05, 3.63) is 60.4 Å². The molecule has 22 heavy (non-hydrogen) atoms. The van der Waals surface area contributed by atoms with E-state index in [2.05, 4.69) is 16.1 Å². The second-order valence-corrected chi connectivity index (χ2v) is 4.52. The molecule has 3 rings (SSSR count). The van der Waals surface area contributed by atoms with Crippen LogP contribution in [0.2, 0.25) is 0 Å². The van der Waals surface area contributed by atoms with Crippen molar-refractivity contribution in [3.63, 3.8) is 0 Å². The van der Waals surface area contributed by atoms with Gasteiger partial charge in [-0.1, -0.05) is 18.2 Å². The van der Waals surface area contributed by atoms with E-state index in [0.717, 1.165) is 5.56 Å². The molecule has 2 aromatic heterocycles. The van der Waals surface area contributed by atoms with Gasteiger partial charge in [-0.25, -0.2) is 18.4 Å². The molecule has 6 heteroatoms. The Morgan fingerprint density at radius 3 is 2.73 bits per heavy atom. The average Bonchev–Trinajstić information content (AvgIpc) is 3.01. The molecule has 0 unspecified atom stereocenters. The van der Waals surface area contributed by atoms with Gasteiger partial charge in [0.2, 0.25) is 5.88 Å². The van der Waals surface area contributed by atoms with Crippen molar-refractivity contribution in [2.45, 2.75) is 6.43 Å². The fraction of sp³-hybridized carbons (Fsp3) is 0.125. The van der Waals surface area contributed by atoms with Crippen LogP contribution in [0.15, 0.2) is 48.7 Å². The summed E-state index contributed by atoms with van der Waals surface area (Å²) in [7, 11) is 1.51. The minimum absolute atomic E-state index is 0.283. The molecule has 0 N–H and O–H groups in total. The summed E-state index contributed by atoms with van der Waals surface area (Å²) in [4.78, 5) is 4.08. The normalized spacial score (nSPS) is 10.9. The standard InChI is InChI=1S/C16H12F2N3O/c1-22-15-8-7-12(10-19-15)21-14(9-13(20-21)16(17)18)11-5-3-2-4-6-11/h2-3,5-10,16H,1H3. The topological polar surface area (TPSA) is 39.9 Å². The fourth-order valence-corrected chi connectivity index (χ4v) is 2.08. The Labute approximate surface area is 126 Å². The zero-order chi connectivity index (χ0) is 15.5. The number of hydrogen-bond donors (Lipinski definition) is 0. The maximum Gasteiger partial charge on any atom is 0.282 e. The van der Waals surface area contributed by atoms with Crippen LogP contribution >= 0.6 is 0 Å². The van der Waals surface area contributed by atoms with E-state index in [-0.39, 0.29) is 5.69 Å². The molecule has 0 amide bonds. The summed E-state index contributed by atoms with van der Waals surface area (Å²) in [5.41, 5.74) is 1.60. The minimum Gasteiger partial charge on any atom is -0.481 e. The lowest BCUT2D eigenvalue weighted by molar-refractivity contribution is 0.145. The zero-order valence-corrected chi connectivity index (χ0v) is 11.7. The van der Waals surface area contributed by atoms with Crippen molar-refractivity contribution in [2.24, 2.45) is 0 Å². The van der Waals surface area contributed by atoms with Crippen molar-refractivity contribution in [1.29, 1.82) is 0 Å². The number of benzene rings is 1. The molecule has 1 aromatic carbocycles. The van der Waals surface area contributed by atoms with E-state index in [1.54, 1.807) is 30.3 Å². The third-order valence-electron chi connectivity index (χ3n) is 3.13. The van der Waals surface area contributed by atoms with Gasteiger partial charge in [0.1, 0.15) is 5.69 Å². The molecule has 1 radical (unpaired) electrons. The Bertz CT molecular complexity index is 755. The molecule has 0 aliphatic carbocycles. The Hall–Kier alpha value is -2.76. The second-order valence-electron chi connectivity index (χ2n) is 4.52. The third kappa shape index (κ3) is 2.67. The van der Waals surface area contributed by atoms with Gasteiger partial charge in [-0.05, 0) is 24.3 Å². The number of nitrogens with zero attached hydrogens (tertiary/aromatic N) is 3. The molecule has 0 bridgehead atoms. The molecule has 0 saturated heterocycles. The summed E-state index contributed by atoms with van der Waals surface area (Å²) in [5, 5.41) is 3.98. The predicted octanol–water partition coefficient (Wildman–Crippen LogP) is 3.68. The van der Waals surface area contributed by atoms with Gasteiger partial charge in [0.15, 0.2) is 0 Å². The van der Waals surface area contributed by atoms with E-state index in [1.807, 2.05) is 6.07 Å². The van der Waals surface area contributed by atoms with Gasteiger partial charge in [-0.15, -0.1) is 0 Å². The van der Waals surface area contributed by atoms with Crippen molar-refractivity contribution in [3.8, 4) is 22.8 Å². The smallest absolute Gasteiger partial charge is 0.282 e. The number of alkyl halides is 2. The number of pyridine rings is 1. The van der Waals surface area contributed by atoms with Crippen LogP contribution < -0.4 is 4.74 Å². The van der Waals surface area contributed by atoms with Crippen molar-refractivity contribution >= 4 is 0 Å². The van der Waals surface area contributed by atoms with E-state index in [4.69, 9.17) is 4.74 Å². The van der Waals surface area contributed by atoms with Crippen molar-refractivity contribution in [2.75, 3.05) is 7.11 Å². The number of aromatic nitrogens is 3. The minimum atomic E-state index is -2.64. The summed E-state index contributed by atoms with van der Waals surface area (Å²) >= 11 is 0. The highest BCUT2D eigenvalue weighted by Crippen LogP contribution is 2.28. The monoisotopic (exact) mass is 300 g/mol. The second kappa shape index (κ2) is 5.93. The van der Waals surface area contributed by atoms with Gasteiger partial charge in [0.25, 0.3) is 6.43 Å². The first-order valence-electron chi connectivity index (χ1n) is 6.54. The van der Waals surface area contributed by atoms with Crippen LogP contribution in [-0.4, -0.2) is 21.9 Å². The van der Waals surface area contributed by atoms with E-state index < -0.39 is 6.43 Å². The quantitative estimate of drug-likeness (QED) is 0.738. The van der Waals surface area contributed by atoms with Crippen LogP contribution in [0.3, 0.4) is 0 Å². The maximum absolute atomic E-state index is 13.0. The summed E-state index contributed by atoms with van der Waals surface area (Å²) < 4.78 is 32.4. The van der Waals surface area contributed by atoms with Crippen LogP contribution in [0, 0.1) is 6.07 Å². The lowest BCUT2D eigenvalue weighted by Crippen LogP contribution is -2.01. The third-order valence-corrected chi connectivity index (χ3v) is 3.13. The fourth-order valence-electron chi connectivity index (χ4n) is 2.08. The Morgan fingerprint density at radius 2 is 2.14 bits per heavy atom. The average molecular weight is 300 g/mol. The first-order chi connectivity index (χ1) is 10.7. The highest BCUT2D eigenvalue weighted by Gasteiger charge is 2.17. The van der Waals surface area contributed by atoms with E-state index in [1.165, 1.54) is 24.1 Å². The summed E-state index contributed by atoms with van der Waals surface area (Å²) in [6, 6.07) is 14.7. The molecule has 0 atom stereocenters. The van der Waals surface area contributed by atoms with Gasteiger partial charge in [0.05, 0.1) is 24.7 Å². The number of rotatable bonds is 4. The molecular weight excluding hydrogens is 288 g/mol. The number of hydrogen-bond acceptors (Lipinski definition) is 3. The van der Waals surface area contributed by atoms with Crippen LogP contribution in [0.1, 0.15) is 12.1 Å². The van der Waals surface area contributed by atoms with Crippen LogP contribution in [0.5, 0.6) is 5.88 Å². The number of halogens is 2. The largest absolute Gasteiger partial charge is 0.481 e. The van der Waals surface area contributed by atoms with Gasteiger partial charge < -0.3 is 4.74 Å². The van der Waals surface area contributed by atoms with E-state index in [9.17, 15) is 8.78 Å². The summed E-state index contributed by atoms with van der Waals surface area (Å²) in [5.74, 6) is 0.444. The Balaban J connectivity index is 2.12. The predicted molar refractivity (Wildman–Crippen MR) is 77.1 cm³/mol. The van der Waals surface area contributed by atoms with Crippen LogP contribution in [-0.2, 0) is 0 Å². The van der Waals surface area contributed by atoms with Crippen molar-refractivity contribution in [1.82, 2.24) is 14.8 Å². The van der Waals surface area contributed by atoms with E-state index >= 15 is 0 Å². The number of ether oxygens (including phenoxy) is 1. The molecular formula is C16H12F2N3O. The highest BCUT2D eigenvalue weighted by molar-refractivity contribution is 5.62. The van der Waals surface area contributed by atoms with Crippen molar-refractivity contribution < 1.29 is 13.5 Å². The lowest BCUT2D eigenvalue weighted by Gasteiger charge is -2.07. The summed E-state index contributed by atoms with van der Waals surface area (Å²) in [6.07, 6.45) is -1.11. The number of methoxy groups -OCH3 is 1. The Kier molecular flexibility index (Phi) is 3.82. The molecule has 2 heterocycles. The molecule has 4 nitrogen and oxygen atoms in total. The molecule has 0 spiro atoms. The lowest BCUT2D eigenvalue weighted by atomic mass is 10.1. The van der Waals surface area contributed by atoms with Gasteiger partial charge in [0, 0.05) is 11.6 Å². The van der Waals surface area contributed by atoms with Gasteiger partial charge >= 0.3 is 0 Å². The summed E-state index contributed by atoms with van der Waals surface area (Å²) in [6.45, 7) is 0. The highest BCUT2D eigenvalue weighted by atomic mass is 19.3. The SMILES string of the molecule is COc1ccc(-n2nc(C(F)F)cc2-c2c[c]ccc2)cn1. The first kappa shape index (κ1) is 14.2. The van der Waals surface area contributed by atoms with Crippen LogP contribution in [0.4, 0.5) is 8.78 Å². The zero-order valence-electron chi connectivity index (χ0n) is 11.7. The van der Waals surface area contributed by atoms with Crippen LogP contribution in [0.25, 0.3) is 16.9 Å². The van der Waals surface area contributed by atoms with Gasteiger partial charge in [-0.3, -0.25) is 0 Å². The molecule has 0 fully saturated rings. The van der Waals surface area contributed by atoms with Gasteiger partial charge in [-0.2, -0.15) is 5.10 Å². The Morgan fingerprint density at radius 1 is 1.27 bits per heavy atom.